The van der Waals surface area contributed by atoms with Crippen LogP contribution in [0.5, 0.6) is 0 Å². The van der Waals surface area contributed by atoms with Crippen molar-refractivity contribution in [3.8, 4) is 0 Å². The molecule has 0 radical (unpaired) electrons. The number of fused-ring (bicyclic) bond motifs is 2. The molecule has 2 bridgehead atoms. The van der Waals surface area contributed by atoms with E-state index in [0.717, 1.165) is 50.2 Å². The molecule has 146 valence electrons. The Morgan fingerprint density at radius 2 is 2.22 bits per heavy atom. The van der Waals surface area contributed by atoms with Gasteiger partial charge in [0.05, 0.1) is 11.1 Å². The van der Waals surface area contributed by atoms with Crippen molar-refractivity contribution in [1.82, 2.24) is 15.2 Å². The summed E-state index contributed by atoms with van der Waals surface area (Å²) in [6.45, 7) is 5.86. The molecule has 3 aliphatic rings. The van der Waals surface area contributed by atoms with E-state index in [0.29, 0.717) is 12.1 Å². The zero-order valence-corrected chi connectivity index (χ0v) is 16.8. The lowest BCUT2D eigenvalue weighted by molar-refractivity contribution is -0.133. The number of nitrogens with zero attached hydrogens (tertiary/aromatic N) is 2. The Balaban J connectivity index is 1.46. The zero-order chi connectivity index (χ0) is 18.9. The molecule has 3 heterocycles. The summed E-state index contributed by atoms with van der Waals surface area (Å²) in [4.78, 5) is 20.6. The van der Waals surface area contributed by atoms with E-state index in [1.807, 2.05) is 13.0 Å². The monoisotopic (exact) mass is 367 g/mol. The quantitative estimate of drug-likeness (QED) is 0.769. The molecule has 0 unspecified atom stereocenters. The van der Waals surface area contributed by atoms with Crippen LogP contribution in [-0.2, 0) is 11.3 Å². The molecular formula is C23H33N3O. The number of carbonyl (C=O) groups is 1. The number of carbonyl (C=O) groups excluding carboxylic acids is 1. The molecule has 27 heavy (non-hydrogen) atoms. The Kier molecular flexibility index (Phi) is 5.36. The summed E-state index contributed by atoms with van der Waals surface area (Å²) in [7, 11) is 0. The summed E-state index contributed by atoms with van der Waals surface area (Å²) in [5, 5.41) is 3.31. The van der Waals surface area contributed by atoms with Gasteiger partial charge in [-0.2, -0.15) is 0 Å². The molecule has 1 aromatic rings. The second-order valence-electron chi connectivity index (χ2n) is 8.69. The summed E-state index contributed by atoms with van der Waals surface area (Å²) in [6, 6.07) is 7.14. The summed E-state index contributed by atoms with van der Waals surface area (Å²) < 4.78 is 0. The summed E-state index contributed by atoms with van der Waals surface area (Å²) in [5.74, 6) is 0.283. The van der Waals surface area contributed by atoms with Crippen molar-refractivity contribution >= 4 is 5.91 Å². The summed E-state index contributed by atoms with van der Waals surface area (Å²) in [6.07, 6.45) is 11.5. The Morgan fingerprint density at radius 1 is 1.33 bits per heavy atom. The van der Waals surface area contributed by atoms with Crippen LogP contribution < -0.4 is 5.32 Å². The van der Waals surface area contributed by atoms with Crippen LogP contribution in [0, 0.1) is 12.3 Å². The second kappa shape index (κ2) is 7.75. The summed E-state index contributed by atoms with van der Waals surface area (Å²) >= 11 is 0. The van der Waals surface area contributed by atoms with Crippen molar-refractivity contribution in [3.63, 3.8) is 0 Å². The lowest BCUT2D eigenvalue weighted by Crippen LogP contribution is -2.49. The fraction of sp³-hybridized carbons (Fsp3) is 0.652. The highest BCUT2D eigenvalue weighted by atomic mass is 16.2. The van der Waals surface area contributed by atoms with Gasteiger partial charge >= 0.3 is 0 Å². The predicted molar refractivity (Wildman–Crippen MR) is 108 cm³/mol. The molecule has 2 saturated heterocycles. The average Bonchev–Trinajstić information content (AvgIpc) is 3.22. The standard InChI is InChI=1S/C23H33N3O/c1-3-23(22(27)24-15-18-9-5-4-6-10-18)14-20-12-13-21(23)26(20)16-19-11-7-8-17(2)25-19/h7-9,11,20-21H,3-6,10,12-16H2,1-2H3,(H,24,27)/t20-,21+,23+/m0/s1. The maximum absolute atomic E-state index is 13.3. The van der Waals surface area contributed by atoms with Gasteiger partial charge in [0.15, 0.2) is 0 Å². The Hall–Kier alpha value is -1.68. The van der Waals surface area contributed by atoms with Crippen molar-refractivity contribution in [2.75, 3.05) is 6.54 Å². The average molecular weight is 368 g/mol. The lowest BCUT2D eigenvalue weighted by atomic mass is 9.71. The van der Waals surface area contributed by atoms with Crippen LogP contribution >= 0.6 is 0 Å². The molecule has 4 rings (SSSR count). The van der Waals surface area contributed by atoms with Gasteiger partial charge in [0.25, 0.3) is 0 Å². The highest BCUT2D eigenvalue weighted by Crippen LogP contribution is 2.52. The van der Waals surface area contributed by atoms with Gasteiger partial charge in [0, 0.05) is 30.9 Å². The Bertz CT molecular complexity index is 728. The third-order valence-electron chi connectivity index (χ3n) is 7.12. The molecule has 2 aliphatic heterocycles. The van der Waals surface area contributed by atoms with Crippen molar-refractivity contribution < 1.29 is 4.79 Å². The van der Waals surface area contributed by atoms with E-state index in [4.69, 9.17) is 4.98 Å². The first kappa shape index (κ1) is 18.7. The molecule has 1 amide bonds. The van der Waals surface area contributed by atoms with Crippen molar-refractivity contribution in [3.05, 3.63) is 41.2 Å². The zero-order valence-electron chi connectivity index (χ0n) is 16.8. The number of pyridine rings is 1. The Morgan fingerprint density at radius 3 is 2.96 bits per heavy atom. The SMILES string of the molecule is CC[C@@]1(C(=O)NCC2=CCCCC2)C[C@@H]2CC[C@H]1N2Cc1cccc(C)n1. The van der Waals surface area contributed by atoms with Crippen LogP contribution in [0.15, 0.2) is 29.8 Å². The number of aryl methyl sites for hydroxylation is 1. The number of allylic oxidation sites excluding steroid dienone is 1. The highest BCUT2D eigenvalue weighted by Gasteiger charge is 2.58. The maximum Gasteiger partial charge on any atom is 0.228 e. The third-order valence-corrected chi connectivity index (χ3v) is 7.12. The maximum atomic E-state index is 13.3. The van der Waals surface area contributed by atoms with E-state index in [1.165, 1.54) is 31.3 Å². The van der Waals surface area contributed by atoms with Gasteiger partial charge in [0.1, 0.15) is 0 Å². The van der Waals surface area contributed by atoms with E-state index in [1.54, 1.807) is 0 Å². The van der Waals surface area contributed by atoms with Gasteiger partial charge in [0.2, 0.25) is 5.91 Å². The number of nitrogens with one attached hydrogen (secondary N) is 1. The van der Waals surface area contributed by atoms with Gasteiger partial charge in [-0.3, -0.25) is 14.7 Å². The smallest absolute Gasteiger partial charge is 0.228 e. The fourth-order valence-electron chi connectivity index (χ4n) is 5.64. The first-order valence-corrected chi connectivity index (χ1v) is 10.8. The van der Waals surface area contributed by atoms with Crippen LogP contribution in [0.1, 0.15) is 69.7 Å². The van der Waals surface area contributed by atoms with Crippen molar-refractivity contribution in [2.45, 2.75) is 83.8 Å². The van der Waals surface area contributed by atoms with Crippen LogP contribution in [0.25, 0.3) is 0 Å². The molecule has 4 heteroatoms. The van der Waals surface area contributed by atoms with E-state index in [2.05, 4.69) is 35.3 Å². The lowest BCUT2D eigenvalue weighted by Gasteiger charge is -2.35. The molecule has 0 saturated carbocycles. The third kappa shape index (κ3) is 3.56. The van der Waals surface area contributed by atoms with Crippen LogP contribution in [0.3, 0.4) is 0 Å². The molecule has 3 atom stereocenters. The topological polar surface area (TPSA) is 45.2 Å². The number of rotatable bonds is 6. The number of hydrogen-bond acceptors (Lipinski definition) is 3. The molecule has 0 spiro atoms. The van der Waals surface area contributed by atoms with Gasteiger partial charge < -0.3 is 5.32 Å². The van der Waals surface area contributed by atoms with E-state index in [9.17, 15) is 4.79 Å². The normalized spacial score (nSPS) is 30.4. The van der Waals surface area contributed by atoms with Crippen molar-refractivity contribution in [2.24, 2.45) is 5.41 Å². The van der Waals surface area contributed by atoms with Gasteiger partial charge in [-0.15, -0.1) is 0 Å². The van der Waals surface area contributed by atoms with Crippen LogP contribution in [0.4, 0.5) is 0 Å². The largest absolute Gasteiger partial charge is 0.352 e. The molecule has 1 aromatic heterocycles. The van der Waals surface area contributed by atoms with Crippen LogP contribution in [-0.4, -0.2) is 34.4 Å². The molecule has 1 N–H and O–H groups in total. The number of amides is 1. The van der Waals surface area contributed by atoms with E-state index in [-0.39, 0.29) is 11.3 Å². The van der Waals surface area contributed by atoms with Gasteiger partial charge in [-0.25, -0.2) is 0 Å². The van der Waals surface area contributed by atoms with E-state index >= 15 is 0 Å². The molecular weight excluding hydrogens is 334 g/mol. The predicted octanol–water partition coefficient (Wildman–Crippen LogP) is 4.14. The minimum absolute atomic E-state index is 0.220. The van der Waals surface area contributed by atoms with Crippen molar-refractivity contribution in [1.29, 1.82) is 0 Å². The highest BCUT2D eigenvalue weighted by molar-refractivity contribution is 5.84. The first-order chi connectivity index (χ1) is 13.1. The van der Waals surface area contributed by atoms with Gasteiger partial charge in [-0.05, 0) is 70.4 Å². The number of hydrogen-bond donors (Lipinski definition) is 1. The summed E-state index contributed by atoms with van der Waals surface area (Å²) in [5.41, 5.74) is 3.40. The van der Waals surface area contributed by atoms with E-state index < -0.39 is 0 Å². The molecule has 2 fully saturated rings. The van der Waals surface area contributed by atoms with Crippen LogP contribution in [0.2, 0.25) is 0 Å². The minimum Gasteiger partial charge on any atom is -0.352 e. The second-order valence-corrected chi connectivity index (χ2v) is 8.69. The Labute approximate surface area is 163 Å². The fourth-order valence-corrected chi connectivity index (χ4v) is 5.64. The molecule has 0 aromatic carbocycles. The van der Waals surface area contributed by atoms with Gasteiger partial charge in [-0.1, -0.05) is 24.6 Å². The minimum atomic E-state index is -0.220. The first-order valence-electron chi connectivity index (χ1n) is 10.8. The molecule has 4 nitrogen and oxygen atoms in total. The molecule has 1 aliphatic carbocycles. The number of aromatic nitrogens is 1.